The number of nitrogens with two attached hydrogens (primary N) is 1. The second-order valence-electron chi connectivity index (χ2n) is 20.1. The number of aliphatic hydroxyl groups excluding tert-OH is 1. The lowest BCUT2D eigenvalue weighted by Gasteiger charge is -2.15. The van der Waals surface area contributed by atoms with Gasteiger partial charge in [-0.2, -0.15) is 11.8 Å². The molecule has 0 fully saturated rings. The Morgan fingerprint density at radius 2 is 1.04 bits per heavy atom. The number of thioether (sulfide) groups is 1. The number of benzene rings is 1. The van der Waals surface area contributed by atoms with E-state index in [4.69, 9.17) is 39.6 Å². The third kappa shape index (κ3) is 43.6. The van der Waals surface area contributed by atoms with Gasteiger partial charge in [0.25, 0.3) is 0 Å². The van der Waals surface area contributed by atoms with E-state index in [0.29, 0.717) is 63.1 Å². The Kier molecular flexibility index (Phi) is 46.3. The molecule has 0 aliphatic heterocycles. The number of nitrogens with one attached hydrogen (secondary N) is 2. The molecule has 1 aromatic carbocycles. The smallest absolute Gasteiger partial charge is 0.335 e. The fourth-order valence-electron chi connectivity index (χ4n) is 7.64. The van der Waals surface area contributed by atoms with Gasteiger partial charge in [0.15, 0.2) is 5.78 Å². The Balaban J connectivity index is 0.0000106. The molecule has 0 bridgehead atoms. The molecule has 0 spiro atoms. The molecule has 24 nitrogen and oxygen atoms in total. The first-order valence-corrected chi connectivity index (χ1v) is 29.8. The molecule has 0 saturated carbocycles. The van der Waals surface area contributed by atoms with E-state index in [9.17, 15) is 68.1 Å². The van der Waals surface area contributed by atoms with Gasteiger partial charge in [-0.25, -0.2) is 4.79 Å². The molecule has 0 aromatic heterocycles. The highest BCUT2D eigenvalue weighted by Gasteiger charge is 2.26. The van der Waals surface area contributed by atoms with Crippen molar-refractivity contribution in [1.82, 2.24) is 10.6 Å². The van der Waals surface area contributed by atoms with E-state index < -0.39 is 54.2 Å². The summed E-state index contributed by atoms with van der Waals surface area (Å²) in [6, 6.07) is 5.99. The van der Waals surface area contributed by atoms with Crippen LogP contribution >= 0.6 is 11.8 Å². The number of ether oxygens (including phenoxy) is 5. The topological polar surface area (TPSA) is 385 Å². The third-order valence-electron chi connectivity index (χ3n) is 12.9. The van der Waals surface area contributed by atoms with Crippen molar-refractivity contribution in [2.24, 2.45) is 29.4 Å². The number of hydrogen-bond donors (Lipinski definition) is 8. The fraction of sp³-hybridized carbons (Fsp3) is 0.707. The monoisotopic (exact) mass is 1200 g/mol. The van der Waals surface area contributed by atoms with Gasteiger partial charge in [-0.15, -0.1) is 0 Å². The number of rotatable bonds is 54. The number of aromatic carboxylic acids is 1. The predicted octanol–water partition coefficient (Wildman–Crippen LogP) is 5.14. The van der Waals surface area contributed by atoms with Crippen LogP contribution in [0.4, 0.5) is 0 Å². The molecule has 472 valence electrons. The molecule has 1 aromatic rings. The first-order chi connectivity index (χ1) is 39.6. The van der Waals surface area contributed by atoms with Crippen LogP contribution in [0.5, 0.6) is 5.75 Å². The maximum atomic E-state index is 12.5. The van der Waals surface area contributed by atoms with Crippen molar-refractivity contribution in [3.05, 3.63) is 29.8 Å². The van der Waals surface area contributed by atoms with E-state index in [2.05, 4.69) is 10.6 Å². The molecule has 25 heteroatoms. The average molecular weight is 1200 g/mol. The van der Waals surface area contributed by atoms with E-state index >= 15 is 0 Å². The summed E-state index contributed by atoms with van der Waals surface area (Å²) in [6.07, 6.45) is 8.83. The summed E-state index contributed by atoms with van der Waals surface area (Å²) in [6.45, 7) is 5.58. The lowest BCUT2D eigenvalue weighted by atomic mass is 9.94. The summed E-state index contributed by atoms with van der Waals surface area (Å²) in [5, 5.41) is 51.7. The zero-order valence-corrected chi connectivity index (χ0v) is 49.6. The van der Waals surface area contributed by atoms with Crippen molar-refractivity contribution in [2.45, 2.75) is 149 Å². The molecular weight excluding hydrogens is 1110 g/mol. The summed E-state index contributed by atoms with van der Waals surface area (Å²) in [5.41, 5.74) is 5.29. The molecule has 0 saturated heterocycles. The molecule has 1 rings (SSSR count). The molecule has 83 heavy (non-hydrogen) atoms. The summed E-state index contributed by atoms with van der Waals surface area (Å²) in [5.74, 6) is -8.06. The van der Waals surface area contributed by atoms with Crippen LogP contribution in [0.2, 0.25) is 0 Å². The van der Waals surface area contributed by atoms with Gasteiger partial charge in [0, 0.05) is 63.3 Å². The van der Waals surface area contributed by atoms with E-state index in [1.54, 1.807) is 26.0 Å². The molecule has 2 amide bonds. The van der Waals surface area contributed by atoms with Crippen LogP contribution in [-0.2, 0) is 66.9 Å². The number of carboxylic acid groups (broad SMARTS) is 4. The summed E-state index contributed by atoms with van der Waals surface area (Å²) in [7, 11) is 0. The number of amides is 2. The molecule has 9 N–H and O–H groups in total. The second kappa shape index (κ2) is 49.7. The number of aliphatic hydroxyl groups is 1. The van der Waals surface area contributed by atoms with Gasteiger partial charge in [-0.3, -0.25) is 47.9 Å². The van der Waals surface area contributed by atoms with E-state index in [0.717, 1.165) is 38.5 Å². The Hall–Kier alpha value is -5.70. The quantitative estimate of drug-likeness (QED) is 0.0391. The van der Waals surface area contributed by atoms with Crippen LogP contribution in [0.3, 0.4) is 0 Å². The Labute approximate surface area is 491 Å². The van der Waals surface area contributed by atoms with E-state index in [1.165, 1.54) is 30.8 Å². The molecule has 0 radical (unpaired) electrons. The van der Waals surface area contributed by atoms with Crippen molar-refractivity contribution in [3.63, 3.8) is 0 Å². The Morgan fingerprint density at radius 1 is 0.542 bits per heavy atom. The normalized spacial score (nSPS) is 12.8. The standard InChI is InChI=1S/C54H84N2O20S.C4H9NO/c1-2-39(48(61)33-43(34-57)54(70)71)37-77-38-45(59)15-11-8-9-13-41(52(66)67)32-46(60)35-74-29-27-73-26-23-56-50(63)36-75-30-28-72-25-22-55-49(62)21-18-42(53(68)69)31-44(58)14-10-6-4-3-5-7-12-24-76-47-19-16-40(17-20-47)51(64)65;1-3(5)4(2)6/h16-17,19-20,39,41-43,57H,2-15,18,21-38H2,1H3,(H,55,62)(H,56,63)(H,64,65)(H,66,67)(H,68,69)(H,70,71);3H,5H2,1-2H3/t39-,41+,42-,43-;3-/m00/s1. The predicted molar refractivity (Wildman–Crippen MR) is 307 cm³/mol. The summed E-state index contributed by atoms with van der Waals surface area (Å²) >= 11 is 1.31. The minimum atomic E-state index is -1.23. The van der Waals surface area contributed by atoms with Crippen molar-refractivity contribution in [2.75, 3.05) is 90.7 Å². The maximum absolute atomic E-state index is 12.5. The first kappa shape index (κ1) is 77.3. The number of aliphatic carboxylic acids is 3. The van der Waals surface area contributed by atoms with Crippen LogP contribution in [0.15, 0.2) is 24.3 Å². The molecule has 0 unspecified atom stereocenters. The second-order valence-corrected chi connectivity index (χ2v) is 21.1. The SMILES string of the molecule is CC(=O)[C@H](C)N.CC[C@@H](CSCC(=O)CCCCC[C@H](CC(=O)COCCOCCNC(=O)COCCOCCNC(=O)CC[C@@H](CC(=O)CCCCCCCCCOc1ccc(C(=O)O)cc1)C(=O)O)C(=O)O)C(=O)C[C@@H](CO)C(=O)O. The molecule has 0 aliphatic carbocycles. The van der Waals surface area contributed by atoms with E-state index in [1.807, 2.05) is 0 Å². The Morgan fingerprint density at radius 3 is 1.58 bits per heavy atom. The molecular formula is C58H93N3O21S. The fourth-order valence-corrected chi connectivity index (χ4v) is 8.84. The van der Waals surface area contributed by atoms with Crippen LogP contribution in [0.1, 0.15) is 153 Å². The van der Waals surface area contributed by atoms with Crippen molar-refractivity contribution >= 4 is 76.4 Å². The van der Waals surface area contributed by atoms with Crippen molar-refractivity contribution in [1.29, 1.82) is 0 Å². The number of Topliss-reactive ketones (excluding diaryl/α,β-unsaturated/α-hetero) is 5. The van der Waals surface area contributed by atoms with Crippen molar-refractivity contribution < 1.29 is 102 Å². The Bertz CT molecular complexity index is 2070. The number of carbonyl (C=O) groups excluding carboxylic acids is 7. The molecule has 5 atom stereocenters. The minimum absolute atomic E-state index is 0.0110. The van der Waals surface area contributed by atoms with Gasteiger partial charge >= 0.3 is 23.9 Å². The van der Waals surface area contributed by atoms with Gasteiger partial charge < -0.3 is 65.6 Å². The molecule has 0 heterocycles. The first-order valence-electron chi connectivity index (χ1n) is 28.6. The lowest BCUT2D eigenvalue weighted by Crippen LogP contribution is -2.31. The van der Waals surface area contributed by atoms with Gasteiger partial charge in [0.1, 0.15) is 42.1 Å². The third-order valence-corrected chi connectivity index (χ3v) is 14.1. The summed E-state index contributed by atoms with van der Waals surface area (Å²) in [4.78, 5) is 129. The van der Waals surface area contributed by atoms with Gasteiger partial charge in [-0.1, -0.05) is 51.9 Å². The minimum Gasteiger partial charge on any atom is -0.494 e. The van der Waals surface area contributed by atoms with Crippen LogP contribution in [-0.4, -0.2) is 187 Å². The van der Waals surface area contributed by atoms with Crippen LogP contribution < -0.4 is 21.1 Å². The van der Waals surface area contributed by atoms with Gasteiger partial charge in [-0.05, 0) is 76.6 Å². The maximum Gasteiger partial charge on any atom is 0.335 e. The average Bonchev–Trinajstić information content (AvgIpc) is 3.45. The molecule has 0 aliphatic rings. The number of carbonyl (C=O) groups is 11. The number of hydrogen-bond acceptors (Lipinski definition) is 19. The zero-order valence-electron chi connectivity index (χ0n) is 48.8. The number of carboxylic acids is 4. The number of ketones is 5. The highest BCUT2D eigenvalue weighted by Crippen LogP contribution is 2.21. The summed E-state index contributed by atoms with van der Waals surface area (Å²) < 4.78 is 27.0. The van der Waals surface area contributed by atoms with E-state index in [-0.39, 0.29) is 163 Å². The zero-order chi connectivity index (χ0) is 62.2. The van der Waals surface area contributed by atoms with Crippen molar-refractivity contribution in [3.8, 4) is 5.75 Å². The lowest BCUT2D eigenvalue weighted by molar-refractivity contribution is -0.145. The largest absolute Gasteiger partial charge is 0.494 e. The van der Waals surface area contributed by atoms with Crippen LogP contribution in [0.25, 0.3) is 0 Å². The highest BCUT2D eigenvalue weighted by molar-refractivity contribution is 7.99. The van der Waals surface area contributed by atoms with Gasteiger partial charge in [0.2, 0.25) is 11.8 Å². The number of unbranched alkanes of at least 4 members (excludes halogenated alkanes) is 8. The van der Waals surface area contributed by atoms with Crippen LogP contribution in [0, 0.1) is 23.7 Å². The highest BCUT2D eigenvalue weighted by atomic mass is 32.2. The van der Waals surface area contributed by atoms with Gasteiger partial charge in [0.05, 0.1) is 88.0 Å².